The Labute approximate surface area is 188 Å². The second kappa shape index (κ2) is 7.74. The molecular formula is C23H14Br2N2O3. The van der Waals surface area contributed by atoms with Crippen LogP contribution < -0.4 is 14.9 Å². The summed E-state index contributed by atoms with van der Waals surface area (Å²) >= 11 is 6.91. The van der Waals surface area contributed by atoms with Crippen LogP contribution in [0.25, 0.3) is 28.7 Å². The smallest absolute Gasteiger partial charge is 0.231 e. The standard InChI is InChI=1S/C23H14Br2N2O3/c24-15-11-17-19(8-6-14-7-9-20-21(10-14)30-13-29-20)26-27(16-4-2-1-3-5-16)22(17)23(28)18(25)12-15/h1-12H,13H2/b8-6+. The van der Waals surface area contributed by atoms with Crippen molar-refractivity contribution < 1.29 is 9.47 Å². The maximum absolute atomic E-state index is 13.1. The Morgan fingerprint density at radius 1 is 0.933 bits per heavy atom. The maximum atomic E-state index is 13.1. The molecule has 0 amide bonds. The number of nitrogens with zero attached hydrogens (tertiary/aromatic N) is 2. The minimum Gasteiger partial charge on any atom is -0.454 e. The van der Waals surface area contributed by atoms with Crippen LogP contribution in [-0.2, 0) is 0 Å². The Hall–Kier alpha value is -2.90. The van der Waals surface area contributed by atoms with E-state index in [1.54, 1.807) is 10.7 Å². The van der Waals surface area contributed by atoms with E-state index in [2.05, 4.69) is 31.9 Å². The Balaban J connectivity index is 1.71. The summed E-state index contributed by atoms with van der Waals surface area (Å²) in [5, 5.41) is 5.50. The minimum atomic E-state index is -0.130. The maximum Gasteiger partial charge on any atom is 0.231 e. The van der Waals surface area contributed by atoms with Gasteiger partial charge in [-0.3, -0.25) is 4.79 Å². The van der Waals surface area contributed by atoms with Crippen molar-refractivity contribution in [3.63, 3.8) is 0 Å². The van der Waals surface area contributed by atoms with Crippen molar-refractivity contribution >= 4 is 54.9 Å². The van der Waals surface area contributed by atoms with Gasteiger partial charge in [-0.15, -0.1) is 0 Å². The van der Waals surface area contributed by atoms with E-state index in [0.717, 1.165) is 32.6 Å². The summed E-state index contributed by atoms with van der Waals surface area (Å²) in [6, 6.07) is 19.0. The summed E-state index contributed by atoms with van der Waals surface area (Å²) in [5.41, 5.74) is 2.83. The molecule has 0 saturated carbocycles. The molecule has 148 valence electrons. The lowest BCUT2D eigenvalue weighted by molar-refractivity contribution is 0.174. The van der Waals surface area contributed by atoms with Gasteiger partial charge in [0.2, 0.25) is 12.2 Å². The normalized spacial score (nSPS) is 12.7. The Bertz CT molecular complexity index is 1360. The molecule has 0 saturated heterocycles. The molecule has 0 radical (unpaired) electrons. The molecule has 7 heteroatoms. The summed E-state index contributed by atoms with van der Waals surface area (Å²) < 4.78 is 13.8. The molecule has 5 rings (SSSR count). The first kappa shape index (κ1) is 19.1. The molecule has 1 aromatic heterocycles. The van der Waals surface area contributed by atoms with Crippen LogP contribution in [0.1, 0.15) is 11.3 Å². The van der Waals surface area contributed by atoms with Crippen molar-refractivity contribution in [3.05, 3.63) is 91.1 Å². The van der Waals surface area contributed by atoms with Gasteiger partial charge in [-0.1, -0.05) is 46.3 Å². The summed E-state index contributed by atoms with van der Waals surface area (Å²) in [5.74, 6) is 1.46. The highest BCUT2D eigenvalue weighted by Crippen LogP contribution is 2.33. The highest BCUT2D eigenvalue weighted by atomic mass is 79.9. The van der Waals surface area contributed by atoms with Gasteiger partial charge in [0, 0.05) is 9.86 Å². The number of aromatic nitrogens is 2. The first-order valence-corrected chi connectivity index (χ1v) is 10.7. The van der Waals surface area contributed by atoms with Gasteiger partial charge in [-0.2, -0.15) is 5.10 Å². The van der Waals surface area contributed by atoms with Gasteiger partial charge in [-0.05, 0) is 64.0 Å². The summed E-state index contributed by atoms with van der Waals surface area (Å²) in [4.78, 5) is 13.1. The molecular weight excluding hydrogens is 512 g/mol. The van der Waals surface area contributed by atoms with Crippen LogP contribution in [0.5, 0.6) is 11.5 Å². The van der Waals surface area contributed by atoms with Crippen LogP contribution in [0.3, 0.4) is 0 Å². The SMILES string of the molecule is O=c1c(Br)cc(Br)cc2c(/C=C/c3ccc4c(c3)OCO4)nn(-c3ccccc3)c12. The number of hydrogen-bond acceptors (Lipinski definition) is 4. The quantitative estimate of drug-likeness (QED) is 0.338. The number of para-hydroxylation sites is 1. The molecule has 2 heterocycles. The number of ether oxygens (including phenoxy) is 2. The lowest BCUT2D eigenvalue weighted by Crippen LogP contribution is -2.06. The van der Waals surface area contributed by atoms with Crippen molar-refractivity contribution in [2.75, 3.05) is 6.79 Å². The molecule has 0 aliphatic carbocycles. The third-order valence-corrected chi connectivity index (χ3v) is 5.81. The molecule has 0 bridgehead atoms. The molecule has 0 unspecified atom stereocenters. The zero-order valence-electron chi connectivity index (χ0n) is 15.5. The van der Waals surface area contributed by atoms with E-state index in [0.29, 0.717) is 15.7 Å². The van der Waals surface area contributed by atoms with E-state index in [1.807, 2.05) is 66.7 Å². The summed E-state index contributed by atoms with van der Waals surface area (Å²) in [7, 11) is 0. The van der Waals surface area contributed by atoms with Gasteiger partial charge in [0.15, 0.2) is 11.5 Å². The van der Waals surface area contributed by atoms with E-state index < -0.39 is 0 Å². The summed E-state index contributed by atoms with van der Waals surface area (Å²) in [6.45, 7) is 0.236. The lowest BCUT2D eigenvalue weighted by atomic mass is 10.1. The van der Waals surface area contributed by atoms with E-state index in [9.17, 15) is 4.79 Å². The monoisotopic (exact) mass is 524 g/mol. The molecule has 0 fully saturated rings. The van der Waals surface area contributed by atoms with Gasteiger partial charge in [0.1, 0.15) is 5.52 Å². The molecule has 1 aliphatic heterocycles. The van der Waals surface area contributed by atoms with Crippen LogP contribution in [0.2, 0.25) is 0 Å². The van der Waals surface area contributed by atoms with Gasteiger partial charge < -0.3 is 9.47 Å². The molecule has 0 spiro atoms. The Kier molecular flexibility index (Phi) is 4.92. The van der Waals surface area contributed by atoms with Gasteiger partial charge in [0.25, 0.3) is 0 Å². The summed E-state index contributed by atoms with van der Waals surface area (Å²) in [6.07, 6.45) is 3.85. The molecule has 3 aromatic carbocycles. The number of halogens is 2. The van der Waals surface area contributed by atoms with Crippen LogP contribution in [0.4, 0.5) is 0 Å². The molecule has 0 N–H and O–H groups in total. The Morgan fingerprint density at radius 2 is 1.73 bits per heavy atom. The zero-order valence-corrected chi connectivity index (χ0v) is 18.7. The van der Waals surface area contributed by atoms with E-state index in [1.165, 1.54) is 0 Å². The predicted octanol–water partition coefficient (Wildman–Crippen LogP) is 5.81. The highest BCUT2D eigenvalue weighted by molar-refractivity contribution is 9.11. The molecule has 1 aliphatic rings. The highest BCUT2D eigenvalue weighted by Gasteiger charge is 2.16. The number of benzene rings is 2. The lowest BCUT2D eigenvalue weighted by Gasteiger charge is -2.01. The van der Waals surface area contributed by atoms with Gasteiger partial charge >= 0.3 is 0 Å². The Morgan fingerprint density at radius 3 is 2.57 bits per heavy atom. The van der Waals surface area contributed by atoms with Crippen molar-refractivity contribution in [1.29, 1.82) is 0 Å². The molecule has 0 atom stereocenters. The number of rotatable bonds is 3. The fraction of sp³-hybridized carbons (Fsp3) is 0.0435. The largest absolute Gasteiger partial charge is 0.454 e. The van der Waals surface area contributed by atoms with Crippen LogP contribution in [-0.4, -0.2) is 16.6 Å². The fourth-order valence-electron chi connectivity index (χ4n) is 3.36. The van der Waals surface area contributed by atoms with Crippen molar-refractivity contribution in [2.45, 2.75) is 0 Å². The van der Waals surface area contributed by atoms with Crippen LogP contribution in [0, 0.1) is 0 Å². The molecule has 5 nitrogen and oxygen atoms in total. The third kappa shape index (κ3) is 3.44. The van der Waals surface area contributed by atoms with Crippen molar-refractivity contribution in [3.8, 4) is 17.2 Å². The van der Waals surface area contributed by atoms with Crippen LogP contribution in [0.15, 0.2) is 74.4 Å². The van der Waals surface area contributed by atoms with E-state index in [4.69, 9.17) is 14.6 Å². The topological polar surface area (TPSA) is 53.4 Å². The molecule has 30 heavy (non-hydrogen) atoms. The first-order chi connectivity index (χ1) is 14.6. The van der Waals surface area contributed by atoms with Crippen molar-refractivity contribution in [1.82, 2.24) is 9.78 Å². The number of hydrogen-bond donors (Lipinski definition) is 0. The zero-order chi connectivity index (χ0) is 20.7. The van der Waals surface area contributed by atoms with E-state index in [-0.39, 0.29) is 12.2 Å². The predicted molar refractivity (Wildman–Crippen MR) is 124 cm³/mol. The minimum absolute atomic E-state index is 0.130. The van der Waals surface area contributed by atoms with Crippen LogP contribution >= 0.6 is 31.9 Å². The number of fused-ring (bicyclic) bond motifs is 2. The molecule has 4 aromatic rings. The average molecular weight is 526 g/mol. The van der Waals surface area contributed by atoms with Gasteiger partial charge in [-0.25, -0.2) is 4.68 Å². The average Bonchev–Trinajstić information content (AvgIpc) is 3.33. The fourth-order valence-corrected chi connectivity index (χ4v) is 4.56. The van der Waals surface area contributed by atoms with E-state index >= 15 is 0 Å². The van der Waals surface area contributed by atoms with Crippen molar-refractivity contribution in [2.24, 2.45) is 0 Å². The second-order valence-corrected chi connectivity index (χ2v) is 8.46. The first-order valence-electron chi connectivity index (χ1n) is 9.15. The van der Waals surface area contributed by atoms with Gasteiger partial charge in [0.05, 0.1) is 15.9 Å². The third-order valence-electron chi connectivity index (χ3n) is 4.76. The second-order valence-electron chi connectivity index (χ2n) is 6.69.